The van der Waals surface area contributed by atoms with E-state index in [0.717, 1.165) is 22.3 Å². The van der Waals surface area contributed by atoms with Crippen molar-refractivity contribution in [3.63, 3.8) is 0 Å². The van der Waals surface area contributed by atoms with Gasteiger partial charge >= 0.3 is 0 Å². The minimum Gasteiger partial charge on any atom is -0.487 e. The number of nitrogens with one attached hydrogen (secondary N) is 3. The first-order valence-corrected chi connectivity index (χ1v) is 17.1. The van der Waals surface area contributed by atoms with Crippen LogP contribution < -0.4 is 30.3 Å². The fourth-order valence-corrected chi connectivity index (χ4v) is 5.62. The number of likely N-dealkylation sites (N-methyl/N-ethyl adjacent to an activating group) is 1. The molecule has 272 valence electrons. The molecule has 0 saturated carbocycles. The smallest absolute Gasteiger partial charge is 0.246 e. The Balaban J connectivity index is 1.13. The Morgan fingerprint density at radius 1 is 0.849 bits per heavy atom. The van der Waals surface area contributed by atoms with Crippen LogP contribution in [0, 0.1) is 6.92 Å². The van der Waals surface area contributed by atoms with Crippen LogP contribution in [0.3, 0.4) is 0 Å². The number of benzene rings is 3. The maximum Gasteiger partial charge on any atom is 0.246 e. The molecule has 0 aliphatic carbocycles. The van der Waals surface area contributed by atoms with Crippen LogP contribution >= 0.6 is 23.2 Å². The van der Waals surface area contributed by atoms with Gasteiger partial charge in [0.15, 0.2) is 0 Å². The van der Waals surface area contributed by atoms with Crippen molar-refractivity contribution in [2.24, 2.45) is 0 Å². The first-order chi connectivity index (χ1) is 25.5. The van der Waals surface area contributed by atoms with Gasteiger partial charge in [0.1, 0.15) is 30.2 Å². The molecule has 14 heteroatoms. The second-order valence-corrected chi connectivity index (χ2v) is 12.6. The van der Waals surface area contributed by atoms with Crippen molar-refractivity contribution in [2.45, 2.75) is 27.1 Å². The van der Waals surface area contributed by atoms with Crippen LogP contribution in [0.1, 0.15) is 29.4 Å². The summed E-state index contributed by atoms with van der Waals surface area (Å²) in [6, 6.07) is 23.1. The van der Waals surface area contributed by atoms with Crippen molar-refractivity contribution >= 4 is 75.2 Å². The van der Waals surface area contributed by atoms with Gasteiger partial charge in [-0.25, -0.2) is 4.98 Å². The number of nitrogens with zero attached hydrogens (tertiary/aromatic N) is 3. The number of amides is 4. The molecule has 3 N–H and O–H groups in total. The van der Waals surface area contributed by atoms with Gasteiger partial charge in [-0.3, -0.25) is 24.2 Å². The Bertz CT molecular complexity index is 2140. The van der Waals surface area contributed by atoms with Gasteiger partial charge in [0, 0.05) is 60.3 Å². The highest BCUT2D eigenvalue weighted by Gasteiger charge is 2.18. The van der Waals surface area contributed by atoms with E-state index in [9.17, 15) is 19.2 Å². The molecule has 0 fully saturated rings. The first-order valence-electron chi connectivity index (χ1n) is 16.4. The Morgan fingerprint density at radius 2 is 1.58 bits per heavy atom. The summed E-state index contributed by atoms with van der Waals surface area (Å²) < 4.78 is 12.3. The summed E-state index contributed by atoms with van der Waals surface area (Å²) in [7, 11) is 1.53. The summed E-state index contributed by atoms with van der Waals surface area (Å²) in [5.41, 5.74) is 4.43. The summed E-state index contributed by atoms with van der Waals surface area (Å²) in [5, 5.41) is 8.95. The van der Waals surface area contributed by atoms with Crippen molar-refractivity contribution in [1.82, 2.24) is 20.6 Å². The molecule has 5 rings (SSSR count). The van der Waals surface area contributed by atoms with Gasteiger partial charge in [-0.05, 0) is 67.1 Å². The predicted molar refractivity (Wildman–Crippen MR) is 205 cm³/mol. The summed E-state index contributed by atoms with van der Waals surface area (Å²) in [4.78, 5) is 58.9. The average molecular weight is 756 g/mol. The third-order valence-corrected chi connectivity index (χ3v) is 8.45. The number of halogens is 2. The average Bonchev–Trinajstić information content (AvgIpc) is 3.14. The van der Waals surface area contributed by atoms with E-state index in [-0.39, 0.29) is 35.6 Å². The number of pyridine rings is 2. The lowest BCUT2D eigenvalue weighted by molar-refractivity contribution is -0.125. The van der Waals surface area contributed by atoms with Gasteiger partial charge in [0.05, 0.1) is 28.8 Å². The van der Waals surface area contributed by atoms with E-state index in [1.54, 1.807) is 54.7 Å². The molecule has 0 aliphatic heterocycles. The van der Waals surface area contributed by atoms with Crippen molar-refractivity contribution < 1.29 is 28.7 Å². The number of para-hydroxylation sites is 1. The summed E-state index contributed by atoms with van der Waals surface area (Å²) in [6.45, 7) is 2.94. The normalized spacial score (nSPS) is 10.9. The van der Waals surface area contributed by atoms with E-state index in [0.29, 0.717) is 40.6 Å². The summed E-state index contributed by atoms with van der Waals surface area (Å²) in [5.74, 6) is -0.521. The van der Waals surface area contributed by atoms with Crippen molar-refractivity contribution in [3.05, 3.63) is 124 Å². The lowest BCUT2D eigenvalue weighted by Crippen LogP contribution is -2.42. The van der Waals surface area contributed by atoms with Gasteiger partial charge in [0.2, 0.25) is 23.6 Å². The van der Waals surface area contributed by atoms with Gasteiger partial charge in [-0.1, -0.05) is 47.5 Å². The first kappa shape index (κ1) is 38.3. The minimum atomic E-state index is -0.554. The number of carbonyl (C=O) groups excluding carboxylic acids is 4. The highest BCUT2D eigenvalue weighted by Crippen LogP contribution is 2.35. The van der Waals surface area contributed by atoms with Crippen LogP contribution in [-0.4, -0.2) is 53.7 Å². The van der Waals surface area contributed by atoms with E-state index in [1.807, 2.05) is 43.3 Å². The molecular weight excluding hydrogens is 719 g/mol. The van der Waals surface area contributed by atoms with E-state index in [2.05, 4.69) is 25.9 Å². The zero-order chi connectivity index (χ0) is 37.9. The van der Waals surface area contributed by atoms with Crippen molar-refractivity contribution in [2.75, 3.05) is 30.4 Å². The number of hydrogen-bond donors (Lipinski definition) is 3. The number of hydrogen-bond acceptors (Lipinski definition) is 8. The van der Waals surface area contributed by atoms with Gasteiger partial charge in [0.25, 0.3) is 0 Å². The number of aryl methyl sites for hydroxylation is 1. The van der Waals surface area contributed by atoms with Crippen LogP contribution in [-0.2, 0) is 32.4 Å². The Hall–Kier alpha value is -5.98. The standard InChI is InChI=1S/C39H36Cl2N6O6/c1-24-17-35(52-22-28-7-4-5-16-42-28)30-8-6-9-34(39(30)45-24)53-23-31-32(40)18-29(19-33(31)41)47(3)38(51)21-44-37(50)20-43-36(49)15-12-26-10-13-27(14-11-26)46-25(2)48/h4-19H,20-23H2,1-3H3,(H,43,49)(H,44,50)(H,46,48)/b15-12+. The number of anilines is 2. The predicted octanol–water partition coefficient (Wildman–Crippen LogP) is 6.27. The van der Waals surface area contributed by atoms with E-state index < -0.39 is 17.7 Å². The number of ether oxygens (including phenoxy) is 2. The molecular formula is C39H36Cl2N6O6. The largest absolute Gasteiger partial charge is 0.487 e. The maximum absolute atomic E-state index is 12.9. The maximum atomic E-state index is 12.9. The number of fused-ring (bicyclic) bond motifs is 1. The van der Waals surface area contributed by atoms with E-state index in [4.69, 9.17) is 32.7 Å². The minimum absolute atomic E-state index is 0.0241. The molecule has 3 aromatic carbocycles. The molecule has 0 radical (unpaired) electrons. The summed E-state index contributed by atoms with van der Waals surface area (Å²) in [6.07, 6.45) is 4.56. The Kier molecular flexibility index (Phi) is 13.0. The molecule has 4 amide bonds. The second kappa shape index (κ2) is 18.0. The van der Waals surface area contributed by atoms with Gasteiger partial charge in [-0.15, -0.1) is 0 Å². The zero-order valence-electron chi connectivity index (χ0n) is 29.1. The highest BCUT2D eigenvalue weighted by atomic mass is 35.5. The van der Waals surface area contributed by atoms with Gasteiger partial charge in [-0.2, -0.15) is 0 Å². The van der Waals surface area contributed by atoms with Crippen LogP contribution in [0.5, 0.6) is 11.5 Å². The summed E-state index contributed by atoms with van der Waals surface area (Å²) >= 11 is 13.3. The second-order valence-electron chi connectivity index (χ2n) is 11.8. The Labute approximate surface area is 316 Å². The van der Waals surface area contributed by atoms with Crippen molar-refractivity contribution in [1.29, 1.82) is 0 Å². The number of aromatic nitrogens is 2. The molecule has 0 atom stereocenters. The van der Waals surface area contributed by atoms with Gasteiger partial charge < -0.3 is 30.3 Å². The van der Waals surface area contributed by atoms with Crippen LogP contribution in [0.2, 0.25) is 10.0 Å². The molecule has 53 heavy (non-hydrogen) atoms. The molecule has 0 unspecified atom stereocenters. The fraction of sp³-hybridized carbons (Fsp3) is 0.179. The molecule has 5 aromatic rings. The molecule has 0 saturated heterocycles. The van der Waals surface area contributed by atoms with Crippen LogP contribution in [0.4, 0.5) is 11.4 Å². The topological polar surface area (TPSA) is 152 Å². The molecule has 0 aliphatic rings. The lowest BCUT2D eigenvalue weighted by atomic mass is 10.1. The fourth-order valence-electron chi connectivity index (χ4n) is 5.03. The highest BCUT2D eigenvalue weighted by molar-refractivity contribution is 6.36. The van der Waals surface area contributed by atoms with E-state index in [1.165, 1.54) is 24.9 Å². The van der Waals surface area contributed by atoms with Crippen LogP contribution in [0.15, 0.2) is 91.1 Å². The molecule has 0 spiro atoms. The SMILES string of the molecule is CC(=O)Nc1ccc(/C=C/C(=O)NCC(=O)NCC(=O)N(C)c2cc(Cl)c(COc3cccc4c(OCc5ccccn5)cc(C)nc34)c(Cl)c2)cc1. The van der Waals surface area contributed by atoms with E-state index >= 15 is 0 Å². The molecule has 2 heterocycles. The molecule has 0 bridgehead atoms. The number of carbonyl (C=O) groups is 4. The van der Waals surface area contributed by atoms with Crippen molar-refractivity contribution in [3.8, 4) is 11.5 Å². The molecule has 2 aromatic heterocycles. The third-order valence-electron chi connectivity index (χ3n) is 7.77. The number of rotatable bonds is 14. The monoisotopic (exact) mass is 754 g/mol. The lowest BCUT2D eigenvalue weighted by Gasteiger charge is -2.20. The van der Waals surface area contributed by atoms with Crippen LogP contribution in [0.25, 0.3) is 17.0 Å². The Morgan fingerprint density at radius 3 is 2.28 bits per heavy atom. The zero-order valence-corrected chi connectivity index (χ0v) is 30.6. The quantitative estimate of drug-likeness (QED) is 0.112. The third kappa shape index (κ3) is 10.8. The molecule has 12 nitrogen and oxygen atoms in total.